The van der Waals surface area contributed by atoms with Crippen LogP contribution in [0.25, 0.3) is 28.0 Å². The molecule has 8 nitrogen and oxygen atoms in total. The van der Waals surface area contributed by atoms with E-state index >= 15 is 0 Å². The molecule has 2 aromatic heterocycles. The summed E-state index contributed by atoms with van der Waals surface area (Å²) in [5.41, 5.74) is 4.43. The standard InChI is InChI=1S/C28H24N6O2S/c35-25(30-19-12-14-20(15-13-19)33-16-6-11-26(33)36)18-37-28-32-31-27(34(28)21-7-2-1-3-8-21)23-17-29-24-10-5-4-9-22(23)24/h1-5,7-10,12-15,17,29H,6,11,16,18H2,(H,30,35). The minimum absolute atomic E-state index is 0.141. The van der Waals surface area contributed by atoms with Crippen LogP contribution in [0, 0.1) is 0 Å². The lowest BCUT2D eigenvalue weighted by molar-refractivity contribution is -0.117. The molecule has 1 saturated heterocycles. The normalized spacial score (nSPS) is 13.4. The van der Waals surface area contributed by atoms with Crippen molar-refractivity contribution >= 4 is 45.9 Å². The van der Waals surface area contributed by atoms with Gasteiger partial charge in [-0.15, -0.1) is 10.2 Å². The Morgan fingerprint density at radius 3 is 2.51 bits per heavy atom. The van der Waals surface area contributed by atoms with Crippen molar-refractivity contribution in [1.82, 2.24) is 19.7 Å². The van der Waals surface area contributed by atoms with Gasteiger partial charge in [0.1, 0.15) is 0 Å². The Bertz CT molecular complexity index is 1580. The quantitative estimate of drug-likeness (QED) is 0.292. The van der Waals surface area contributed by atoms with E-state index < -0.39 is 0 Å². The van der Waals surface area contributed by atoms with Gasteiger partial charge in [-0.2, -0.15) is 0 Å². The number of nitrogens with zero attached hydrogens (tertiary/aromatic N) is 4. The molecule has 2 N–H and O–H groups in total. The summed E-state index contributed by atoms with van der Waals surface area (Å²) < 4.78 is 1.98. The highest BCUT2D eigenvalue weighted by atomic mass is 32.2. The lowest BCUT2D eigenvalue weighted by atomic mass is 10.1. The summed E-state index contributed by atoms with van der Waals surface area (Å²) in [6, 6.07) is 25.3. The third-order valence-corrected chi connectivity index (χ3v) is 7.28. The van der Waals surface area contributed by atoms with Crippen LogP contribution < -0.4 is 10.2 Å². The van der Waals surface area contributed by atoms with Crippen LogP contribution in [0.3, 0.4) is 0 Å². The van der Waals surface area contributed by atoms with Crippen LogP contribution in [-0.4, -0.2) is 43.9 Å². The molecule has 184 valence electrons. The molecule has 0 atom stereocenters. The van der Waals surface area contributed by atoms with Crippen molar-refractivity contribution in [3.63, 3.8) is 0 Å². The highest BCUT2D eigenvalue weighted by Gasteiger charge is 2.22. The summed E-state index contributed by atoms with van der Waals surface area (Å²) in [5, 5.41) is 13.6. The maximum atomic E-state index is 12.8. The molecule has 0 unspecified atom stereocenters. The Hall–Kier alpha value is -4.37. The van der Waals surface area contributed by atoms with Crippen LogP contribution in [0.4, 0.5) is 11.4 Å². The van der Waals surface area contributed by atoms with Crippen molar-refractivity contribution in [3.05, 3.63) is 85.1 Å². The number of aromatic nitrogens is 4. The van der Waals surface area contributed by atoms with Gasteiger partial charge in [0, 0.05) is 52.7 Å². The maximum absolute atomic E-state index is 12.8. The van der Waals surface area contributed by atoms with Crippen LogP contribution in [0.2, 0.25) is 0 Å². The first kappa shape index (κ1) is 23.1. The Balaban J connectivity index is 1.21. The Morgan fingerprint density at radius 1 is 0.946 bits per heavy atom. The number of anilines is 2. The number of aromatic amines is 1. The molecule has 0 spiro atoms. The van der Waals surface area contributed by atoms with Gasteiger partial charge in [0.2, 0.25) is 11.8 Å². The number of nitrogens with one attached hydrogen (secondary N) is 2. The molecular formula is C28H24N6O2S. The summed E-state index contributed by atoms with van der Waals surface area (Å²) in [4.78, 5) is 29.8. The van der Waals surface area contributed by atoms with Gasteiger partial charge in [0.25, 0.3) is 0 Å². The SMILES string of the molecule is O=C(CSc1nnc(-c2c[nH]c3ccccc23)n1-c1ccccc1)Nc1ccc(N2CCCC2=O)cc1. The van der Waals surface area contributed by atoms with Gasteiger partial charge in [-0.25, -0.2) is 0 Å². The predicted molar refractivity (Wildman–Crippen MR) is 146 cm³/mol. The topological polar surface area (TPSA) is 95.9 Å². The number of carbonyl (C=O) groups excluding carboxylic acids is 2. The summed E-state index contributed by atoms with van der Waals surface area (Å²) in [5.74, 6) is 0.873. The lowest BCUT2D eigenvalue weighted by Gasteiger charge is -2.16. The lowest BCUT2D eigenvalue weighted by Crippen LogP contribution is -2.23. The first-order valence-electron chi connectivity index (χ1n) is 12.1. The van der Waals surface area contributed by atoms with Gasteiger partial charge < -0.3 is 15.2 Å². The molecule has 1 aliphatic rings. The fraction of sp³-hybridized carbons (Fsp3) is 0.143. The van der Waals surface area contributed by atoms with E-state index in [1.165, 1.54) is 11.8 Å². The fourth-order valence-electron chi connectivity index (χ4n) is 4.58. The maximum Gasteiger partial charge on any atom is 0.234 e. The van der Waals surface area contributed by atoms with E-state index in [1.807, 2.05) is 83.6 Å². The number of fused-ring (bicyclic) bond motifs is 1. The number of amides is 2. The third-order valence-electron chi connectivity index (χ3n) is 6.35. The second kappa shape index (κ2) is 9.94. The number of H-pyrrole nitrogens is 1. The largest absolute Gasteiger partial charge is 0.360 e. The molecule has 37 heavy (non-hydrogen) atoms. The summed E-state index contributed by atoms with van der Waals surface area (Å²) in [6.07, 6.45) is 3.41. The van der Waals surface area contributed by atoms with E-state index in [4.69, 9.17) is 0 Å². The van der Waals surface area contributed by atoms with E-state index in [1.54, 1.807) is 4.90 Å². The fourth-order valence-corrected chi connectivity index (χ4v) is 5.33. The summed E-state index contributed by atoms with van der Waals surface area (Å²) >= 11 is 1.33. The average molecular weight is 509 g/mol. The average Bonchev–Trinajstić information content (AvgIpc) is 3.66. The number of hydrogen-bond donors (Lipinski definition) is 2. The number of carbonyl (C=O) groups is 2. The van der Waals surface area contributed by atoms with E-state index in [2.05, 4.69) is 26.6 Å². The van der Waals surface area contributed by atoms with E-state index in [0.29, 0.717) is 23.1 Å². The summed E-state index contributed by atoms with van der Waals surface area (Å²) in [6.45, 7) is 0.740. The smallest absolute Gasteiger partial charge is 0.234 e. The van der Waals surface area contributed by atoms with Gasteiger partial charge >= 0.3 is 0 Å². The minimum Gasteiger partial charge on any atom is -0.360 e. The van der Waals surface area contributed by atoms with E-state index in [9.17, 15) is 9.59 Å². The molecule has 9 heteroatoms. The Labute approximate surface area is 217 Å². The molecule has 2 amide bonds. The van der Waals surface area contributed by atoms with Crippen molar-refractivity contribution in [3.8, 4) is 17.1 Å². The summed E-state index contributed by atoms with van der Waals surface area (Å²) in [7, 11) is 0. The van der Waals surface area contributed by atoms with Crippen molar-refractivity contribution < 1.29 is 9.59 Å². The van der Waals surface area contributed by atoms with E-state index in [0.717, 1.165) is 40.8 Å². The third kappa shape index (κ3) is 4.61. The van der Waals surface area contributed by atoms with Gasteiger partial charge in [-0.3, -0.25) is 14.2 Å². The van der Waals surface area contributed by atoms with Gasteiger partial charge in [0.15, 0.2) is 11.0 Å². The molecule has 3 heterocycles. The van der Waals surface area contributed by atoms with Crippen LogP contribution >= 0.6 is 11.8 Å². The molecule has 0 saturated carbocycles. The number of thioether (sulfide) groups is 1. The molecular weight excluding hydrogens is 484 g/mol. The van der Waals surface area contributed by atoms with Crippen molar-refractivity contribution in [2.45, 2.75) is 18.0 Å². The highest BCUT2D eigenvalue weighted by molar-refractivity contribution is 7.99. The van der Waals surface area contributed by atoms with Gasteiger partial charge in [-0.05, 0) is 48.9 Å². The van der Waals surface area contributed by atoms with Crippen LogP contribution in [0.15, 0.2) is 90.2 Å². The molecule has 1 aliphatic heterocycles. The Kier molecular flexibility index (Phi) is 6.20. The first-order chi connectivity index (χ1) is 18.2. The van der Waals surface area contributed by atoms with E-state index in [-0.39, 0.29) is 17.6 Å². The predicted octanol–water partition coefficient (Wildman–Crippen LogP) is 5.27. The second-order valence-corrected chi connectivity index (χ2v) is 9.70. The first-order valence-corrected chi connectivity index (χ1v) is 13.1. The monoisotopic (exact) mass is 508 g/mol. The molecule has 1 fully saturated rings. The number of hydrogen-bond acceptors (Lipinski definition) is 5. The molecule has 6 rings (SSSR count). The molecule has 0 bridgehead atoms. The minimum atomic E-state index is -0.147. The van der Waals surface area contributed by atoms with Crippen LogP contribution in [0.1, 0.15) is 12.8 Å². The highest BCUT2D eigenvalue weighted by Crippen LogP contribution is 2.32. The van der Waals surface area contributed by atoms with Gasteiger partial charge in [0.05, 0.1) is 5.75 Å². The zero-order valence-electron chi connectivity index (χ0n) is 19.9. The van der Waals surface area contributed by atoms with Crippen molar-refractivity contribution in [2.75, 3.05) is 22.5 Å². The van der Waals surface area contributed by atoms with Gasteiger partial charge in [-0.1, -0.05) is 48.2 Å². The molecule has 0 radical (unpaired) electrons. The van der Waals surface area contributed by atoms with Crippen molar-refractivity contribution in [1.29, 1.82) is 0 Å². The number of para-hydroxylation sites is 2. The Morgan fingerprint density at radius 2 is 1.73 bits per heavy atom. The van der Waals surface area contributed by atoms with Crippen molar-refractivity contribution in [2.24, 2.45) is 0 Å². The second-order valence-electron chi connectivity index (χ2n) is 8.76. The molecule has 3 aromatic carbocycles. The number of benzene rings is 3. The zero-order valence-corrected chi connectivity index (χ0v) is 20.7. The van der Waals surface area contributed by atoms with Crippen LogP contribution in [0.5, 0.6) is 0 Å². The van der Waals surface area contributed by atoms with Crippen LogP contribution in [-0.2, 0) is 9.59 Å². The molecule has 0 aliphatic carbocycles. The number of rotatable bonds is 7. The zero-order chi connectivity index (χ0) is 25.2. The molecule has 5 aromatic rings.